The van der Waals surface area contributed by atoms with E-state index < -0.39 is 0 Å². The van der Waals surface area contributed by atoms with Crippen molar-refractivity contribution in [2.75, 3.05) is 0 Å². The van der Waals surface area contributed by atoms with Crippen molar-refractivity contribution in [3.05, 3.63) is 12.2 Å². The predicted molar refractivity (Wildman–Crippen MR) is 127 cm³/mol. The Balaban J connectivity index is 1.47. The van der Waals surface area contributed by atoms with Crippen LogP contribution in [-0.2, 0) is 0 Å². The molecule has 0 aromatic carbocycles. The molecule has 2 fully saturated rings. The number of hydrogen-bond donors (Lipinski definition) is 0. The summed E-state index contributed by atoms with van der Waals surface area (Å²) in [7, 11) is 0. The molecule has 2 aliphatic heterocycles. The summed E-state index contributed by atoms with van der Waals surface area (Å²) in [4.78, 5) is 0. The Morgan fingerprint density at radius 1 is 0.833 bits per heavy atom. The maximum Gasteiger partial charge on any atom is 0.0262 e. The zero-order valence-corrected chi connectivity index (χ0v) is 20.3. The zero-order valence-electron chi connectivity index (χ0n) is 15.1. The van der Waals surface area contributed by atoms with Crippen molar-refractivity contribution in [2.24, 2.45) is 17.8 Å². The molecule has 3 heteroatoms. The monoisotopic (exact) mass is 572 g/mol. The maximum absolute atomic E-state index is 2.71. The first-order valence-electron chi connectivity index (χ1n) is 10.2. The molecule has 1 saturated carbocycles. The molecule has 5 rings (SSSR count). The highest BCUT2D eigenvalue weighted by Crippen LogP contribution is 2.47. The summed E-state index contributed by atoms with van der Waals surface area (Å²) < 4.78 is 1.66. The van der Waals surface area contributed by atoms with Crippen molar-refractivity contribution in [1.29, 1.82) is 0 Å². The van der Waals surface area contributed by atoms with E-state index in [4.69, 9.17) is 0 Å². The first-order chi connectivity index (χ1) is 11.6. The minimum atomic E-state index is 0.813. The van der Waals surface area contributed by atoms with E-state index in [1.807, 2.05) is 0 Å². The van der Waals surface area contributed by atoms with Gasteiger partial charge in [-0.2, -0.15) is 11.8 Å². The minimum absolute atomic E-state index is 0.813. The highest BCUT2D eigenvalue weighted by molar-refractivity contribution is 14.1. The summed E-state index contributed by atoms with van der Waals surface area (Å²) in [5.74, 6) is 3.07. The van der Waals surface area contributed by atoms with Gasteiger partial charge in [0.05, 0.1) is 0 Å². The molecule has 0 aromatic heterocycles. The summed E-state index contributed by atoms with van der Waals surface area (Å²) in [6.07, 6.45) is 20.9. The zero-order chi connectivity index (χ0) is 16.9. The fourth-order valence-corrected chi connectivity index (χ4v) is 7.48. The smallest absolute Gasteiger partial charge is 0.0262 e. The van der Waals surface area contributed by atoms with Gasteiger partial charge in [-0.05, 0) is 82.0 Å². The van der Waals surface area contributed by atoms with Crippen LogP contribution in [0, 0.1) is 17.8 Å². The second kappa shape index (κ2) is 10.2. The summed E-state index contributed by atoms with van der Waals surface area (Å²) in [5, 5.41) is 2.02. The van der Waals surface area contributed by atoms with Crippen molar-refractivity contribution in [1.82, 2.24) is 0 Å². The maximum atomic E-state index is 2.71. The molecule has 0 radical (unpaired) electrons. The van der Waals surface area contributed by atoms with E-state index in [-0.39, 0.29) is 0 Å². The Bertz CT molecular complexity index is 399. The molecule has 2 heterocycles. The Labute approximate surface area is 181 Å². The molecular formula is C21H34I2S. The summed E-state index contributed by atoms with van der Waals surface area (Å²) in [6.45, 7) is 2.51. The molecule has 24 heavy (non-hydrogen) atoms. The molecular weight excluding hydrogens is 538 g/mol. The van der Waals surface area contributed by atoms with Crippen LogP contribution >= 0.6 is 56.9 Å². The molecule has 5 aliphatic rings. The van der Waals surface area contributed by atoms with Gasteiger partial charge in [-0.25, -0.2) is 0 Å². The molecule has 138 valence electrons. The second-order valence-electron chi connectivity index (χ2n) is 8.52. The SMILES string of the molecule is C[C@H]1CCC=CC[C@@H](I)[C@@H](I)CCC[C@H]2C[C@@H](CC[C@H]3C[C@@H]1C3)S2. The molecule has 1 saturated heterocycles. The van der Waals surface area contributed by atoms with Crippen molar-refractivity contribution >= 4 is 56.9 Å². The van der Waals surface area contributed by atoms with Gasteiger partial charge in [0.1, 0.15) is 0 Å². The molecule has 4 bridgehead atoms. The van der Waals surface area contributed by atoms with Gasteiger partial charge in [-0.1, -0.05) is 70.7 Å². The number of rotatable bonds is 0. The van der Waals surface area contributed by atoms with Gasteiger partial charge in [0.15, 0.2) is 0 Å². The predicted octanol–water partition coefficient (Wildman–Crippen LogP) is 7.82. The van der Waals surface area contributed by atoms with E-state index in [0.717, 1.165) is 36.1 Å². The largest absolute Gasteiger partial charge is 0.155 e. The van der Waals surface area contributed by atoms with Crippen molar-refractivity contribution in [2.45, 2.75) is 95.9 Å². The second-order valence-corrected chi connectivity index (χ2v) is 13.3. The fourth-order valence-electron chi connectivity index (χ4n) is 4.64. The highest BCUT2D eigenvalue weighted by Gasteiger charge is 2.35. The van der Waals surface area contributed by atoms with Crippen molar-refractivity contribution in [3.63, 3.8) is 0 Å². The van der Waals surface area contributed by atoms with Crippen LogP contribution in [0.25, 0.3) is 0 Å². The van der Waals surface area contributed by atoms with E-state index >= 15 is 0 Å². The van der Waals surface area contributed by atoms with Crippen LogP contribution in [0.4, 0.5) is 0 Å². The van der Waals surface area contributed by atoms with E-state index in [2.05, 4.69) is 76.0 Å². The first-order valence-corrected chi connectivity index (χ1v) is 13.6. The number of thioether (sulfide) groups is 1. The molecule has 0 N–H and O–H groups in total. The molecule has 3 aliphatic carbocycles. The third kappa shape index (κ3) is 6.03. The van der Waals surface area contributed by atoms with Crippen LogP contribution < -0.4 is 0 Å². The molecule has 0 unspecified atom stereocenters. The fraction of sp³-hybridized carbons (Fsp3) is 0.905. The van der Waals surface area contributed by atoms with Crippen molar-refractivity contribution in [3.8, 4) is 0 Å². The lowest BCUT2D eigenvalue weighted by Crippen LogP contribution is -2.31. The third-order valence-electron chi connectivity index (χ3n) is 6.60. The lowest BCUT2D eigenvalue weighted by Gasteiger charge is -2.41. The van der Waals surface area contributed by atoms with Crippen LogP contribution in [0.1, 0.15) is 77.6 Å². The number of allylic oxidation sites excluding steroid dienone is 2. The lowest BCUT2D eigenvalue weighted by atomic mass is 9.66. The minimum Gasteiger partial charge on any atom is -0.155 e. The molecule has 0 aromatic rings. The summed E-state index contributed by atoms with van der Waals surface area (Å²) in [6, 6.07) is 0. The van der Waals surface area contributed by atoms with Crippen LogP contribution in [0.5, 0.6) is 0 Å². The Kier molecular flexibility index (Phi) is 8.62. The van der Waals surface area contributed by atoms with E-state index in [0.29, 0.717) is 0 Å². The highest BCUT2D eigenvalue weighted by atomic mass is 127. The van der Waals surface area contributed by atoms with E-state index in [1.54, 1.807) is 0 Å². The quantitative estimate of drug-likeness (QED) is 0.162. The van der Waals surface area contributed by atoms with Crippen LogP contribution in [0.15, 0.2) is 12.2 Å². The van der Waals surface area contributed by atoms with Gasteiger partial charge >= 0.3 is 0 Å². The number of alkyl halides is 2. The third-order valence-corrected chi connectivity index (χ3v) is 12.5. The summed E-state index contributed by atoms with van der Waals surface area (Å²) >= 11 is 7.72. The topological polar surface area (TPSA) is 0 Å². The van der Waals surface area contributed by atoms with Gasteiger partial charge in [-0.15, -0.1) is 0 Å². The molecule has 0 nitrogen and oxygen atoms in total. The lowest BCUT2D eigenvalue weighted by molar-refractivity contribution is 0.118. The Hall–Kier alpha value is 1.55. The molecule has 0 amide bonds. The van der Waals surface area contributed by atoms with Gasteiger partial charge < -0.3 is 0 Å². The average Bonchev–Trinajstić information content (AvgIpc) is 2.48. The average molecular weight is 572 g/mol. The standard InChI is InChI=1S/C21H34I2S/c1-15-6-3-2-4-8-20(22)21(23)9-5-7-18-14-19(24-18)11-10-16-12-17(15)13-16/h2,4,15-21H,3,5-14H2,1H3/t15-,16-,17+,18-,19+,20+,21-/m0/s1. The van der Waals surface area contributed by atoms with Crippen molar-refractivity contribution < 1.29 is 0 Å². The molecule has 5 atom stereocenters. The molecule has 0 spiro atoms. The number of hydrogen-bond acceptors (Lipinski definition) is 1. The van der Waals surface area contributed by atoms with Crippen LogP contribution in [0.3, 0.4) is 0 Å². The van der Waals surface area contributed by atoms with Gasteiger partial charge in [0.2, 0.25) is 0 Å². The Morgan fingerprint density at radius 3 is 2.38 bits per heavy atom. The normalized spacial score (nSPS) is 45.2. The van der Waals surface area contributed by atoms with E-state index in [1.165, 1.54) is 70.6 Å². The number of halogens is 2. The summed E-state index contributed by atoms with van der Waals surface area (Å²) in [5.41, 5.74) is 0. The first kappa shape index (κ1) is 20.3. The van der Waals surface area contributed by atoms with Gasteiger partial charge in [0, 0.05) is 18.3 Å². The van der Waals surface area contributed by atoms with Crippen LogP contribution in [-0.4, -0.2) is 18.3 Å². The van der Waals surface area contributed by atoms with E-state index in [9.17, 15) is 0 Å². The van der Waals surface area contributed by atoms with Gasteiger partial charge in [0.25, 0.3) is 0 Å². The van der Waals surface area contributed by atoms with Gasteiger partial charge in [-0.3, -0.25) is 0 Å². The van der Waals surface area contributed by atoms with Crippen LogP contribution in [0.2, 0.25) is 0 Å². The Morgan fingerprint density at radius 2 is 1.58 bits per heavy atom.